The van der Waals surface area contributed by atoms with Crippen LogP contribution in [-0.2, 0) is 19.1 Å². The van der Waals surface area contributed by atoms with Crippen molar-refractivity contribution < 1.29 is 22.7 Å². The van der Waals surface area contributed by atoms with Gasteiger partial charge in [-0.15, -0.1) is 0 Å². The molecule has 3 aromatic carbocycles. The zero-order valence-corrected chi connectivity index (χ0v) is 20.2. The first-order valence-corrected chi connectivity index (χ1v) is 12.0. The van der Waals surface area contributed by atoms with Crippen molar-refractivity contribution in [2.24, 2.45) is 0 Å². The summed E-state index contributed by atoms with van der Waals surface area (Å²) in [6.07, 6.45) is -2.29. The van der Waals surface area contributed by atoms with E-state index in [1.807, 2.05) is 30.5 Å². The molecule has 37 heavy (non-hydrogen) atoms. The molecular formula is C29H26F3N3O2. The first-order chi connectivity index (χ1) is 17.8. The Morgan fingerprint density at radius 3 is 2.51 bits per heavy atom. The smallest absolute Gasteiger partial charge is 0.409 e. The van der Waals surface area contributed by atoms with Crippen molar-refractivity contribution in [3.63, 3.8) is 0 Å². The Morgan fingerprint density at radius 1 is 1.00 bits per heavy atom. The molecule has 1 aromatic heterocycles. The SMILES string of the molecule is CC(c1ccc[nH]1)N1CCc2cc(NC(=O)Oc3ccccc3-c3ccc(C(F)(F)F)cc3)ccc2C1. The Morgan fingerprint density at radius 2 is 1.78 bits per heavy atom. The van der Waals surface area contributed by atoms with Gasteiger partial charge in [0.05, 0.1) is 5.56 Å². The number of benzene rings is 3. The van der Waals surface area contributed by atoms with E-state index in [2.05, 4.69) is 28.2 Å². The number of rotatable bonds is 5. The zero-order valence-electron chi connectivity index (χ0n) is 20.2. The summed E-state index contributed by atoms with van der Waals surface area (Å²) in [5, 5.41) is 2.78. The summed E-state index contributed by atoms with van der Waals surface area (Å²) in [6.45, 7) is 3.91. The van der Waals surface area contributed by atoms with Crippen LogP contribution in [0.3, 0.4) is 0 Å². The summed E-state index contributed by atoms with van der Waals surface area (Å²) in [6, 6.07) is 21.7. The number of fused-ring (bicyclic) bond motifs is 1. The lowest BCUT2D eigenvalue weighted by atomic mass is 9.97. The molecule has 2 heterocycles. The molecule has 5 rings (SSSR count). The number of ether oxygens (including phenoxy) is 1. The van der Waals surface area contributed by atoms with Gasteiger partial charge in [0.15, 0.2) is 0 Å². The first kappa shape index (κ1) is 24.6. The average Bonchev–Trinajstić information content (AvgIpc) is 3.43. The maximum atomic E-state index is 12.9. The molecule has 1 aliphatic heterocycles. The molecule has 0 fully saturated rings. The number of aromatic nitrogens is 1. The number of carbonyl (C=O) groups excluding carboxylic acids is 1. The quantitative estimate of drug-likeness (QED) is 0.297. The second kappa shape index (κ2) is 10.1. The van der Waals surface area contributed by atoms with E-state index in [1.54, 1.807) is 24.3 Å². The highest BCUT2D eigenvalue weighted by Gasteiger charge is 2.30. The Balaban J connectivity index is 1.26. The largest absolute Gasteiger partial charge is 0.417 e. The van der Waals surface area contributed by atoms with Crippen molar-refractivity contribution in [2.45, 2.75) is 32.1 Å². The minimum absolute atomic E-state index is 0.256. The van der Waals surface area contributed by atoms with Gasteiger partial charge in [-0.25, -0.2) is 4.79 Å². The van der Waals surface area contributed by atoms with Gasteiger partial charge in [-0.1, -0.05) is 36.4 Å². The van der Waals surface area contributed by atoms with Gasteiger partial charge in [0.25, 0.3) is 0 Å². The summed E-state index contributed by atoms with van der Waals surface area (Å²) in [5.74, 6) is 0.256. The number of aromatic amines is 1. The highest BCUT2D eigenvalue weighted by molar-refractivity contribution is 5.88. The fourth-order valence-electron chi connectivity index (χ4n) is 4.66. The van der Waals surface area contributed by atoms with Gasteiger partial charge in [-0.2, -0.15) is 13.2 Å². The summed E-state index contributed by atoms with van der Waals surface area (Å²) in [4.78, 5) is 18.4. The Hall–Kier alpha value is -4.04. The predicted molar refractivity (Wildman–Crippen MR) is 136 cm³/mol. The predicted octanol–water partition coefficient (Wildman–Crippen LogP) is 7.43. The van der Waals surface area contributed by atoms with Gasteiger partial charge >= 0.3 is 12.3 Å². The number of H-pyrrole nitrogens is 1. The highest BCUT2D eigenvalue weighted by atomic mass is 19.4. The molecule has 0 bridgehead atoms. The molecule has 0 saturated heterocycles. The molecule has 1 atom stereocenters. The Kier molecular flexibility index (Phi) is 6.76. The van der Waals surface area contributed by atoms with Crippen molar-refractivity contribution in [1.29, 1.82) is 0 Å². The minimum atomic E-state index is -4.41. The fraction of sp³-hybridized carbons (Fsp3) is 0.207. The van der Waals surface area contributed by atoms with Crippen LogP contribution in [0.2, 0.25) is 0 Å². The molecule has 0 aliphatic carbocycles. The van der Waals surface area contributed by atoms with Crippen molar-refractivity contribution >= 4 is 11.8 Å². The van der Waals surface area contributed by atoms with Crippen LogP contribution < -0.4 is 10.1 Å². The normalized spacial score (nSPS) is 14.6. The minimum Gasteiger partial charge on any atom is -0.409 e. The molecule has 190 valence electrons. The second-order valence-corrected chi connectivity index (χ2v) is 9.09. The zero-order chi connectivity index (χ0) is 26.0. The van der Waals surface area contributed by atoms with Crippen LogP contribution in [-0.4, -0.2) is 22.5 Å². The molecule has 1 unspecified atom stereocenters. The number of para-hydroxylation sites is 1. The van der Waals surface area contributed by atoms with E-state index in [-0.39, 0.29) is 11.8 Å². The van der Waals surface area contributed by atoms with E-state index in [1.165, 1.54) is 29.0 Å². The Labute approximate surface area is 212 Å². The van der Waals surface area contributed by atoms with Gasteiger partial charge < -0.3 is 9.72 Å². The number of hydrogen-bond donors (Lipinski definition) is 2. The lowest BCUT2D eigenvalue weighted by Crippen LogP contribution is -2.33. The maximum absolute atomic E-state index is 12.9. The number of nitrogens with one attached hydrogen (secondary N) is 2. The summed E-state index contributed by atoms with van der Waals surface area (Å²) in [7, 11) is 0. The molecule has 0 radical (unpaired) electrons. The van der Waals surface area contributed by atoms with Gasteiger partial charge in [-0.05, 0) is 72.5 Å². The standard InChI is InChI=1S/C29H26F3N3O2/c1-19(26-6-4-15-33-26)35-16-14-21-17-24(13-10-22(21)18-35)34-28(36)37-27-7-3-2-5-25(27)20-8-11-23(12-9-20)29(30,31)32/h2-13,15,17,19,33H,14,16,18H2,1H3,(H,34,36). The molecular weight excluding hydrogens is 479 g/mol. The van der Waals surface area contributed by atoms with E-state index < -0.39 is 17.8 Å². The third-order valence-electron chi connectivity index (χ3n) is 6.73. The monoisotopic (exact) mass is 505 g/mol. The molecule has 4 aromatic rings. The lowest BCUT2D eigenvalue weighted by Gasteiger charge is -2.33. The number of halogens is 3. The Bertz CT molecular complexity index is 1380. The third kappa shape index (κ3) is 5.54. The van der Waals surface area contributed by atoms with Crippen molar-refractivity contribution in [1.82, 2.24) is 9.88 Å². The van der Waals surface area contributed by atoms with Crippen LogP contribution in [0.15, 0.2) is 85.1 Å². The van der Waals surface area contributed by atoms with Crippen LogP contribution in [0.4, 0.5) is 23.7 Å². The number of nitrogens with zero attached hydrogens (tertiary/aromatic N) is 1. The lowest BCUT2D eigenvalue weighted by molar-refractivity contribution is -0.137. The number of amides is 1. The van der Waals surface area contributed by atoms with Gasteiger partial charge in [0.2, 0.25) is 0 Å². The molecule has 2 N–H and O–H groups in total. The molecule has 1 amide bonds. The molecule has 1 aliphatic rings. The fourth-order valence-corrected chi connectivity index (χ4v) is 4.66. The second-order valence-electron chi connectivity index (χ2n) is 9.09. The van der Waals surface area contributed by atoms with Crippen molar-refractivity contribution in [3.05, 3.63) is 107 Å². The van der Waals surface area contributed by atoms with Crippen LogP contribution in [0.25, 0.3) is 11.1 Å². The summed E-state index contributed by atoms with van der Waals surface area (Å²) < 4.78 is 44.3. The molecule has 0 saturated carbocycles. The molecule has 5 nitrogen and oxygen atoms in total. The molecule has 0 spiro atoms. The summed E-state index contributed by atoms with van der Waals surface area (Å²) >= 11 is 0. The maximum Gasteiger partial charge on any atom is 0.417 e. The topological polar surface area (TPSA) is 57.4 Å². The van der Waals surface area contributed by atoms with Gasteiger partial charge in [0, 0.05) is 42.3 Å². The van der Waals surface area contributed by atoms with Crippen molar-refractivity contribution in [3.8, 4) is 16.9 Å². The molecule has 8 heteroatoms. The number of hydrogen-bond acceptors (Lipinski definition) is 3. The van der Waals surface area contributed by atoms with Gasteiger partial charge in [-0.3, -0.25) is 10.2 Å². The highest BCUT2D eigenvalue weighted by Crippen LogP contribution is 2.34. The third-order valence-corrected chi connectivity index (χ3v) is 6.73. The van der Waals surface area contributed by atoms with Crippen LogP contribution in [0.5, 0.6) is 5.75 Å². The summed E-state index contributed by atoms with van der Waals surface area (Å²) in [5.41, 5.74) is 4.51. The number of alkyl halides is 3. The van der Waals surface area contributed by atoms with Gasteiger partial charge in [0.1, 0.15) is 5.75 Å². The van der Waals surface area contributed by atoms with Crippen molar-refractivity contribution in [2.75, 3.05) is 11.9 Å². The number of anilines is 1. The van der Waals surface area contributed by atoms with E-state index in [0.717, 1.165) is 31.6 Å². The van der Waals surface area contributed by atoms with E-state index in [0.29, 0.717) is 16.8 Å². The van der Waals surface area contributed by atoms with Crippen LogP contribution in [0.1, 0.15) is 35.3 Å². The van der Waals surface area contributed by atoms with E-state index in [9.17, 15) is 18.0 Å². The van der Waals surface area contributed by atoms with E-state index in [4.69, 9.17) is 4.74 Å². The average molecular weight is 506 g/mol. The van der Waals surface area contributed by atoms with Crippen LogP contribution >= 0.6 is 0 Å². The first-order valence-electron chi connectivity index (χ1n) is 12.0. The van der Waals surface area contributed by atoms with Crippen LogP contribution in [0, 0.1) is 0 Å². The van der Waals surface area contributed by atoms with E-state index >= 15 is 0 Å². The number of carbonyl (C=O) groups is 1.